The van der Waals surface area contributed by atoms with Crippen molar-refractivity contribution in [2.75, 3.05) is 0 Å². The molecular weight excluding hydrogens is 250 g/mol. The Hall–Kier alpha value is -0.340. The van der Waals surface area contributed by atoms with Gasteiger partial charge in [0.1, 0.15) is 0 Å². The van der Waals surface area contributed by atoms with Gasteiger partial charge in [-0.1, -0.05) is 42.3 Å². The van der Waals surface area contributed by atoms with E-state index in [1.807, 2.05) is 0 Å². The molecule has 0 fully saturated rings. The third-order valence-electron chi connectivity index (χ3n) is 2.95. The van der Waals surface area contributed by atoms with Crippen LogP contribution in [0.5, 0.6) is 0 Å². The Labute approximate surface area is 101 Å². The molecule has 0 radical (unpaired) electrons. The number of aryl methyl sites for hydroxylation is 1. The lowest BCUT2D eigenvalue weighted by atomic mass is 9.89. The van der Waals surface area contributed by atoms with E-state index in [0.29, 0.717) is 5.92 Å². The number of hydrogen-bond acceptors (Lipinski definition) is 1. The van der Waals surface area contributed by atoms with Gasteiger partial charge in [-0.2, -0.15) is 0 Å². The van der Waals surface area contributed by atoms with Crippen LogP contribution in [0.25, 0.3) is 0 Å². The molecule has 0 heterocycles. The van der Waals surface area contributed by atoms with E-state index in [2.05, 4.69) is 54.9 Å². The van der Waals surface area contributed by atoms with Crippen LogP contribution in [0.15, 0.2) is 22.7 Å². The maximum absolute atomic E-state index is 6.26. The van der Waals surface area contributed by atoms with Crippen LogP contribution < -0.4 is 5.73 Å². The molecule has 2 heteroatoms. The average molecular weight is 270 g/mol. The summed E-state index contributed by atoms with van der Waals surface area (Å²) in [7, 11) is 0. The van der Waals surface area contributed by atoms with Gasteiger partial charge in [0, 0.05) is 10.5 Å². The highest BCUT2D eigenvalue weighted by atomic mass is 79.9. The van der Waals surface area contributed by atoms with Crippen molar-refractivity contribution in [1.82, 2.24) is 0 Å². The molecule has 0 spiro atoms. The minimum atomic E-state index is 0.165. The standard InChI is InChI=1S/C13H20BrN/c1-4-5-9(2)13(15)12-7-6-11(14)8-10(12)3/h6-9,13H,4-5,15H2,1-3H3. The molecule has 1 aromatic carbocycles. The van der Waals surface area contributed by atoms with Gasteiger partial charge in [0.05, 0.1) is 0 Å². The lowest BCUT2D eigenvalue weighted by Crippen LogP contribution is -2.19. The molecule has 1 rings (SSSR count). The highest BCUT2D eigenvalue weighted by Gasteiger charge is 2.15. The average Bonchev–Trinajstić information content (AvgIpc) is 2.17. The molecule has 84 valence electrons. The fourth-order valence-corrected chi connectivity index (χ4v) is 2.43. The molecule has 0 bridgehead atoms. The van der Waals surface area contributed by atoms with Crippen molar-refractivity contribution in [2.45, 2.75) is 39.7 Å². The smallest absolute Gasteiger partial charge is 0.0323 e. The Balaban J connectivity index is 2.86. The summed E-state index contributed by atoms with van der Waals surface area (Å²) in [4.78, 5) is 0. The molecule has 0 aromatic heterocycles. The van der Waals surface area contributed by atoms with Crippen LogP contribution in [0.4, 0.5) is 0 Å². The second-order valence-corrected chi connectivity index (χ2v) is 5.21. The summed E-state index contributed by atoms with van der Waals surface area (Å²) < 4.78 is 1.12. The predicted molar refractivity (Wildman–Crippen MR) is 69.9 cm³/mol. The van der Waals surface area contributed by atoms with Crippen LogP contribution >= 0.6 is 15.9 Å². The van der Waals surface area contributed by atoms with Gasteiger partial charge in [-0.15, -0.1) is 0 Å². The van der Waals surface area contributed by atoms with E-state index in [4.69, 9.17) is 5.73 Å². The Bertz CT molecular complexity index is 322. The molecule has 0 aliphatic carbocycles. The zero-order valence-electron chi connectivity index (χ0n) is 9.76. The van der Waals surface area contributed by atoms with Crippen molar-refractivity contribution in [1.29, 1.82) is 0 Å². The normalized spacial score (nSPS) is 15.0. The van der Waals surface area contributed by atoms with E-state index in [1.165, 1.54) is 24.0 Å². The molecule has 2 atom stereocenters. The van der Waals surface area contributed by atoms with Gasteiger partial charge in [0.25, 0.3) is 0 Å². The molecule has 1 aromatic rings. The van der Waals surface area contributed by atoms with Gasteiger partial charge in [-0.25, -0.2) is 0 Å². The van der Waals surface area contributed by atoms with E-state index in [0.717, 1.165) is 4.47 Å². The van der Waals surface area contributed by atoms with Gasteiger partial charge < -0.3 is 5.73 Å². The van der Waals surface area contributed by atoms with Gasteiger partial charge in [-0.05, 0) is 42.5 Å². The summed E-state index contributed by atoms with van der Waals surface area (Å²) in [6.45, 7) is 6.56. The lowest BCUT2D eigenvalue weighted by molar-refractivity contribution is 0.432. The topological polar surface area (TPSA) is 26.0 Å². The zero-order valence-corrected chi connectivity index (χ0v) is 11.3. The first-order valence-corrected chi connectivity index (χ1v) is 6.37. The second-order valence-electron chi connectivity index (χ2n) is 4.29. The first-order valence-electron chi connectivity index (χ1n) is 5.58. The Kier molecular flexibility index (Phi) is 4.81. The summed E-state index contributed by atoms with van der Waals surface area (Å²) in [6.07, 6.45) is 2.39. The molecule has 0 saturated carbocycles. The lowest BCUT2D eigenvalue weighted by Gasteiger charge is -2.21. The van der Waals surface area contributed by atoms with Gasteiger partial charge in [0.2, 0.25) is 0 Å². The number of hydrogen-bond donors (Lipinski definition) is 1. The third-order valence-corrected chi connectivity index (χ3v) is 3.44. The maximum Gasteiger partial charge on any atom is 0.0323 e. The Morgan fingerprint density at radius 2 is 2.07 bits per heavy atom. The van der Waals surface area contributed by atoms with E-state index >= 15 is 0 Å². The van der Waals surface area contributed by atoms with E-state index in [-0.39, 0.29) is 6.04 Å². The molecule has 0 aliphatic rings. The monoisotopic (exact) mass is 269 g/mol. The van der Waals surface area contributed by atoms with Crippen molar-refractivity contribution in [3.63, 3.8) is 0 Å². The van der Waals surface area contributed by atoms with E-state index in [9.17, 15) is 0 Å². The molecule has 0 amide bonds. The third kappa shape index (κ3) is 3.32. The molecular formula is C13H20BrN. The molecule has 2 unspecified atom stereocenters. The molecule has 15 heavy (non-hydrogen) atoms. The predicted octanol–water partition coefficient (Wildman–Crippen LogP) is 4.19. The van der Waals surface area contributed by atoms with Crippen molar-refractivity contribution in [3.8, 4) is 0 Å². The Morgan fingerprint density at radius 3 is 2.60 bits per heavy atom. The maximum atomic E-state index is 6.26. The molecule has 2 N–H and O–H groups in total. The quantitative estimate of drug-likeness (QED) is 0.872. The number of halogens is 1. The van der Waals surface area contributed by atoms with Crippen LogP contribution in [0.2, 0.25) is 0 Å². The number of nitrogens with two attached hydrogens (primary N) is 1. The summed E-state index contributed by atoms with van der Waals surface area (Å²) in [5.74, 6) is 0.551. The largest absolute Gasteiger partial charge is 0.324 e. The van der Waals surface area contributed by atoms with E-state index < -0.39 is 0 Å². The minimum Gasteiger partial charge on any atom is -0.324 e. The fraction of sp³-hybridized carbons (Fsp3) is 0.538. The van der Waals surface area contributed by atoms with Crippen LogP contribution in [0.1, 0.15) is 43.9 Å². The van der Waals surface area contributed by atoms with Crippen LogP contribution in [0.3, 0.4) is 0 Å². The van der Waals surface area contributed by atoms with Gasteiger partial charge in [0.15, 0.2) is 0 Å². The highest BCUT2D eigenvalue weighted by Crippen LogP contribution is 2.27. The molecule has 0 saturated heterocycles. The van der Waals surface area contributed by atoms with Gasteiger partial charge >= 0.3 is 0 Å². The van der Waals surface area contributed by atoms with Crippen molar-refractivity contribution < 1.29 is 0 Å². The minimum absolute atomic E-state index is 0.165. The first kappa shape index (κ1) is 12.7. The first-order chi connectivity index (χ1) is 7.06. The van der Waals surface area contributed by atoms with Crippen LogP contribution in [-0.4, -0.2) is 0 Å². The van der Waals surface area contributed by atoms with Crippen molar-refractivity contribution in [2.24, 2.45) is 11.7 Å². The summed E-state index contributed by atoms with van der Waals surface area (Å²) in [6, 6.07) is 6.50. The summed E-state index contributed by atoms with van der Waals surface area (Å²) >= 11 is 3.47. The summed E-state index contributed by atoms with van der Waals surface area (Å²) in [5, 5.41) is 0. The van der Waals surface area contributed by atoms with Crippen LogP contribution in [-0.2, 0) is 0 Å². The SMILES string of the molecule is CCCC(C)C(N)c1ccc(Br)cc1C. The number of benzene rings is 1. The van der Waals surface area contributed by atoms with Gasteiger partial charge in [-0.3, -0.25) is 0 Å². The van der Waals surface area contributed by atoms with Crippen molar-refractivity contribution >= 4 is 15.9 Å². The zero-order chi connectivity index (χ0) is 11.4. The highest BCUT2D eigenvalue weighted by molar-refractivity contribution is 9.10. The Morgan fingerprint density at radius 1 is 1.40 bits per heavy atom. The fourth-order valence-electron chi connectivity index (χ4n) is 1.95. The number of rotatable bonds is 4. The molecule has 0 aliphatic heterocycles. The summed E-state index contributed by atoms with van der Waals surface area (Å²) in [5.41, 5.74) is 8.81. The molecule has 1 nitrogen and oxygen atoms in total. The second kappa shape index (κ2) is 5.66. The van der Waals surface area contributed by atoms with Crippen LogP contribution in [0, 0.1) is 12.8 Å². The van der Waals surface area contributed by atoms with Crippen molar-refractivity contribution in [3.05, 3.63) is 33.8 Å². The van der Waals surface area contributed by atoms with E-state index in [1.54, 1.807) is 0 Å².